The van der Waals surface area contributed by atoms with E-state index in [1.165, 1.54) is 0 Å². The van der Waals surface area contributed by atoms with Crippen molar-refractivity contribution in [1.29, 1.82) is 0 Å². The van der Waals surface area contributed by atoms with E-state index < -0.39 is 0 Å². The van der Waals surface area contributed by atoms with Gasteiger partial charge in [-0.25, -0.2) is 4.98 Å². The molecule has 0 spiro atoms. The zero-order valence-electron chi connectivity index (χ0n) is 8.37. The topological polar surface area (TPSA) is 44.2 Å². The molecule has 4 nitrogen and oxygen atoms in total. The smallest absolute Gasteiger partial charge is 0.260 e. The zero-order chi connectivity index (χ0) is 9.84. The highest BCUT2D eigenvalue weighted by Gasteiger charge is 2.09. The molecule has 72 valence electrons. The van der Waals surface area contributed by atoms with Crippen molar-refractivity contribution in [3.05, 3.63) is 12.0 Å². The third kappa shape index (κ3) is 2.08. The van der Waals surface area contributed by atoms with Crippen molar-refractivity contribution >= 4 is 0 Å². The molecule has 1 rings (SSSR count). The molecule has 1 aromatic rings. The summed E-state index contributed by atoms with van der Waals surface area (Å²) in [6, 6.07) is 0. The van der Waals surface area contributed by atoms with Crippen molar-refractivity contribution in [2.45, 2.75) is 19.8 Å². The lowest BCUT2D eigenvalue weighted by molar-refractivity contribution is 0.338. The number of rotatable bonds is 3. The Morgan fingerprint density at radius 1 is 1.23 bits per heavy atom. The van der Waals surface area contributed by atoms with Crippen molar-refractivity contribution in [2.75, 3.05) is 14.2 Å². The Balaban J connectivity index is 3.05. The molecule has 1 heterocycles. The van der Waals surface area contributed by atoms with Crippen LogP contribution in [0.2, 0.25) is 0 Å². The first-order valence-electron chi connectivity index (χ1n) is 4.14. The van der Waals surface area contributed by atoms with Gasteiger partial charge in [-0.1, -0.05) is 13.8 Å². The van der Waals surface area contributed by atoms with Gasteiger partial charge < -0.3 is 9.47 Å². The van der Waals surface area contributed by atoms with Gasteiger partial charge in [-0.3, -0.25) is 0 Å². The first kappa shape index (κ1) is 9.77. The minimum Gasteiger partial charge on any atom is -0.490 e. The van der Waals surface area contributed by atoms with Crippen LogP contribution in [0, 0.1) is 0 Å². The van der Waals surface area contributed by atoms with Crippen molar-refractivity contribution in [3.8, 4) is 11.6 Å². The molecule has 0 aliphatic carbocycles. The maximum Gasteiger partial charge on any atom is 0.260 e. The molecule has 0 aliphatic rings. The van der Waals surface area contributed by atoms with Crippen LogP contribution in [0.3, 0.4) is 0 Å². The van der Waals surface area contributed by atoms with E-state index in [-0.39, 0.29) is 0 Å². The third-order valence-electron chi connectivity index (χ3n) is 1.67. The molecule has 0 saturated heterocycles. The van der Waals surface area contributed by atoms with E-state index in [9.17, 15) is 0 Å². The second kappa shape index (κ2) is 4.07. The van der Waals surface area contributed by atoms with Crippen LogP contribution in [-0.4, -0.2) is 24.2 Å². The van der Waals surface area contributed by atoms with E-state index in [1.807, 2.05) is 13.8 Å². The predicted molar refractivity (Wildman–Crippen MR) is 49.2 cm³/mol. The highest BCUT2D eigenvalue weighted by Crippen LogP contribution is 2.24. The highest BCUT2D eigenvalue weighted by molar-refractivity contribution is 5.30. The van der Waals surface area contributed by atoms with Gasteiger partial charge in [0.15, 0.2) is 5.75 Å². The monoisotopic (exact) mass is 182 g/mol. The zero-order valence-corrected chi connectivity index (χ0v) is 8.37. The maximum absolute atomic E-state index is 5.05. The van der Waals surface area contributed by atoms with Crippen molar-refractivity contribution in [2.24, 2.45) is 0 Å². The summed E-state index contributed by atoms with van der Waals surface area (Å²) in [5.41, 5.74) is 0. The molecule has 4 heteroatoms. The molecule has 0 aliphatic heterocycles. The van der Waals surface area contributed by atoms with Gasteiger partial charge in [0.1, 0.15) is 5.82 Å². The molecular weight excluding hydrogens is 168 g/mol. The normalized spacial score (nSPS) is 10.2. The summed E-state index contributed by atoms with van der Waals surface area (Å²) >= 11 is 0. The van der Waals surface area contributed by atoms with Gasteiger partial charge in [0.25, 0.3) is 5.88 Å². The van der Waals surface area contributed by atoms with Crippen molar-refractivity contribution < 1.29 is 9.47 Å². The van der Waals surface area contributed by atoms with Crippen LogP contribution >= 0.6 is 0 Å². The summed E-state index contributed by atoms with van der Waals surface area (Å²) < 4.78 is 10.1. The first-order chi connectivity index (χ1) is 6.19. The average Bonchev–Trinajstić information content (AvgIpc) is 2.16. The van der Waals surface area contributed by atoms with E-state index in [1.54, 1.807) is 20.4 Å². The molecule has 0 atom stereocenters. The summed E-state index contributed by atoms with van der Waals surface area (Å²) in [6.45, 7) is 4.06. The van der Waals surface area contributed by atoms with Crippen LogP contribution in [-0.2, 0) is 0 Å². The fourth-order valence-corrected chi connectivity index (χ4v) is 0.932. The number of nitrogens with zero attached hydrogens (tertiary/aromatic N) is 2. The standard InChI is InChI=1S/C9H14N2O2/c1-6(2)8-10-5-7(12-3)9(11-8)13-4/h5-6H,1-4H3. The average molecular weight is 182 g/mol. The number of aromatic nitrogens is 2. The number of ether oxygens (including phenoxy) is 2. The van der Waals surface area contributed by atoms with Crippen molar-refractivity contribution in [3.63, 3.8) is 0 Å². The fourth-order valence-electron chi connectivity index (χ4n) is 0.932. The molecule has 0 unspecified atom stereocenters. The molecule has 0 fully saturated rings. The molecule has 0 radical (unpaired) electrons. The van der Waals surface area contributed by atoms with Gasteiger partial charge in [0.2, 0.25) is 0 Å². The summed E-state index contributed by atoms with van der Waals surface area (Å²) in [6.07, 6.45) is 1.63. The SMILES string of the molecule is COc1cnc(C(C)C)nc1OC. The van der Waals surface area contributed by atoms with Crippen LogP contribution in [0.15, 0.2) is 6.20 Å². The van der Waals surface area contributed by atoms with Gasteiger partial charge in [0, 0.05) is 5.92 Å². The third-order valence-corrected chi connectivity index (χ3v) is 1.67. The molecule has 0 aromatic carbocycles. The Hall–Kier alpha value is -1.32. The van der Waals surface area contributed by atoms with Gasteiger partial charge in [-0.15, -0.1) is 0 Å². The summed E-state index contributed by atoms with van der Waals surface area (Å²) in [5, 5.41) is 0. The largest absolute Gasteiger partial charge is 0.490 e. The predicted octanol–water partition coefficient (Wildman–Crippen LogP) is 1.62. The number of hydrogen-bond acceptors (Lipinski definition) is 4. The minimum absolute atomic E-state index is 0.291. The Morgan fingerprint density at radius 2 is 1.92 bits per heavy atom. The molecule has 0 N–H and O–H groups in total. The van der Waals surface area contributed by atoms with Crippen LogP contribution < -0.4 is 9.47 Å². The van der Waals surface area contributed by atoms with E-state index >= 15 is 0 Å². The lowest BCUT2D eigenvalue weighted by Crippen LogP contribution is -2.01. The van der Waals surface area contributed by atoms with Gasteiger partial charge >= 0.3 is 0 Å². The quantitative estimate of drug-likeness (QED) is 0.712. The Morgan fingerprint density at radius 3 is 2.38 bits per heavy atom. The maximum atomic E-state index is 5.05. The Labute approximate surface area is 77.9 Å². The van der Waals surface area contributed by atoms with E-state index in [0.29, 0.717) is 17.5 Å². The lowest BCUT2D eigenvalue weighted by Gasteiger charge is -2.08. The van der Waals surface area contributed by atoms with E-state index in [0.717, 1.165) is 5.82 Å². The molecule has 0 saturated carbocycles. The Kier molecular flexibility index (Phi) is 3.06. The van der Waals surface area contributed by atoms with Crippen LogP contribution in [0.4, 0.5) is 0 Å². The summed E-state index contributed by atoms with van der Waals surface area (Å²) in [4.78, 5) is 8.34. The number of methoxy groups -OCH3 is 2. The van der Waals surface area contributed by atoms with Gasteiger partial charge in [-0.2, -0.15) is 4.98 Å². The molecule has 1 aromatic heterocycles. The first-order valence-corrected chi connectivity index (χ1v) is 4.14. The minimum atomic E-state index is 0.291. The second-order valence-electron chi connectivity index (χ2n) is 2.96. The van der Waals surface area contributed by atoms with Crippen LogP contribution in [0.25, 0.3) is 0 Å². The highest BCUT2D eigenvalue weighted by atomic mass is 16.5. The van der Waals surface area contributed by atoms with Crippen LogP contribution in [0.5, 0.6) is 11.6 Å². The molecule has 0 amide bonds. The molecule has 13 heavy (non-hydrogen) atoms. The second-order valence-corrected chi connectivity index (χ2v) is 2.96. The van der Waals surface area contributed by atoms with Crippen LogP contribution in [0.1, 0.15) is 25.6 Å². The fraction of sp³-hybridized carbons (Fsp3) is 0.556. The molecule has 0 bridgehead atoms. The van der Waals surface area contributed by atoms with Crippen molar-refractivity contribution in [1.82, 2.24) is 9.97 Å². The molecular formula is C9H14N2O2. The van der Waals surface area contributed by atoms with Gasteiger partial charge in [0.05, 0.1) is 20.4 Å². The number of hydrogen-bond donors (Lipinski definition) is 0. The summed E-state index contributed by atoms with van der Waals surface area (Å²) in [5.74, 6) is 2.10. The summed E-state index contributed by atoms with van der Waals surface area (Å²) in [7, 11) is 3.13. The van der Waals surface area contributed by atoms with E-state index in [4.69, 9.17) is 9.47 Å². The Bertz CT molecular complexity index is 287. The lowest BCUT2D eigenvalue weighted by atomic mass is 10.2. The van der Waals surface area contributed by atoms with Gasteiger partial charge in [-0.05, 0) is 0 Å². The van der Waals surface area contributed by atoms with E-state index in [2.05, 4.69) is 9.97 Å².